The summed E-state index contributed by atoms with van der Waals surface area (Å²) >= 11 is 0. The summed E-state index contributed by atoms with van der Waals surface area (Å²) in [4.78, 5) is 26.5. The molecule has 0 saturated carbocycles. The first kappa shape index (κ1) is 16.3. The molecule has 1 amide bonds. The Hall–Kier alpha value is -2.61. The van der Waals surface area contributed by atoms with Crippen LogP contribution in [0.15, 0.2) is 33.6 Å². The van der Waals surface area contributed by atoms with E-state index in [0.717, 1.165) is 0 Å². The Labute approximate surface area is 138 Å². The van der Waals surface area contributed by atoms with Gasteiger partial charge in [-0.2, -0.15) is 0 Å². The van der Waals surface area contributed by atoms with Crippen molar-refractivity contribution in [3.05, 3.63) is 40.4 Å². The summed E-state index contributed by atoms with van der Waals surface area (Å²) in [6.07, 6.45) is -0.170. The normalized spacial score (nSPS) is 20.9. The minimum atomic E-state index is -0.706. The summed E-state index contributed by atoms with van der Waals surface area (Å²) in [5, 5.41) is 2.48. The van der Waals surface area contributed by atoms with E-state index >= 15 is 0 Å². The van der Waals surface area contributed by atoms with Gasteiger partial charge in [-0.15, -0.1) is 0 Å². The SMILES string of the molecule is COc1ccc(-[n+]2[nH]oc(=O)c2C(=O)N2CC(C)OC(C)C2)cc1. The number of nitrogens with zero attached hydrogens (tertiary/aromatic N) is 2. The van der Waals surface area contributed by atoms with Crippen LogP contribution in [0.25, 0.3) is 5.69 Å². The molecule has 3 rings (SSSR count). The van der Waals surface area contributed by atoms with Gasteiger partial charge in [0.15, 0.2) is 0 Å². The third-order valence-electron chi connectivity index (χ3n) is 3.89. The molecule has 2 atom stereocenters. The molecule has 2 unspecified atom stereocenters. The topological polar surface area (TPSA) is 88.7 Å². The first-order chi connectivity index (χ1) is 11.5. The highest BCUT2D eigenvalue weighted by atomic mass is 16.5. The van der Waals surface area contributed by atoms with Crippen molar-refractivity contribution in [1.82, 2.24) is 10.2 Å². The number of aromatic amines is 1. The summed E-state index contributed by atoms with van der Waals surface area (Å²) in [6, 6.07) is 6.93. The van der Waals surface area contributed by atoms with Crippen LogP contribution in [-0.4, -0.2) is 48.5 Å². The summed E-state index contributed by atoms with van der Waals surface area (Å²) in [5.74, 6) is 0.289. The molecule has 1 N–H and O–H groups in total. The van der Waals surface area contributed by atoms with Crippen molar-refractivity contribution in [2.45, 2.75) is 26.1 Å². The van der Waals surface area contributed by atoms with Crippen LogP contribution < -0.4 is 15.0 Å². The predicted octanol–water partition coefficient (Wildman–Crippen LogP) is 0.503. The summed E-state index contributed by atoms with van der Waals surface area (Å²) in [6.45, 7) is 4.65. The summed E-state index contributed by atoms with van der Waals surface area (Å²) in [5.41, 5.74) is -0.177. The molecule has 24 heavy (non-hydrogen) atoms. The molecule has 0 aliphatic carbocycles. The Kier molecular flexibility index (Phi) is 4.39. The number of aromatic nitrogens is 2. The van der Waals surface area contributed by atoms with Crippen LogP contribution in [0.3, 0.4) is 0 Å². The maximum atomic E-state index is 12.8. The first-order valence-electron chi connectivity index (χ1n) is 7.72. The van der Waals surface area contributed by atoms with Crippen molar-refractivity contribution in [1.29, 1.82) is 0 Å². The molecule has 8 heteroatoms. The van der Waals surface area contributed by atoms with Gasteiger partial charge in [-0.25, -0.2) is 4.79 Å². The van der Waals surface area contributed by atoms with Gasteiger partial charge in [-0.3, -0.25) is 9.32 Å². The molecule has 1 aromatic carbocycles. The monoisotopic (exact) mass is 334 g/mol. The quantitative estimate of drug-likeness (QED) is 0.826. The van der Waals surface area contributed by atoms with E-state index in [9.17, 15) is 9.59 Å². The molecule has 0 bridgehead atoms. The number of hydrogen-bond donors (Lipinski definition) is 1. The first-order valence-corrected chi connectivity index (χ1v) is 7.72. The van der Waals surface area contributed by atoms with Crippen LogP contribution >= 0.6 is 0 Å². The van der Waals surface area contributed by atoms with E-state index in [-0.39, 0.29) is 23.8 Å². The molecule has 1 aromatic heterocycles. The zero-order chi connectivity index (χ0) is 17.3. The molecule has 2 aromatic rings. The average Bonchev–Trinajstić information content (AvgIpc) is 2.95. The smallest absolute Gasteiger partial charge is 0.441 e. The lowest BCUT2D eigenvalue weighted by molar-refractivity contribution is -0.672. The molecule has 128 valence electrons. The third kappa shape index (κ3) is 3.05. The lowest BCUT2D eigenvalue weighted by Crippen LogP contribution is -2.52. The number of benzene rings is 1. The number of H-pyrrole nitrogens is 1. The van der Waals surface area contributed by atoms with Gasteiger partial charge in [0.2, 0.25) is 5.69 Å². The lowest BCUT2D eigenvalue weighted by atomic mass is 10.2. The molecule has 0 spiro atoms. The Bertz CT molecular complexity index is 770. The maximum Gasteiger partial charge on any atom is 0.441 e. The van der Waals surface area contributed by atoms with E-state index in [2.05, 4.69) is 5.27 Å². The minimum Gasteiger partial charge on any atom is -0.497 e. The third-order valence-corrected chi connectivity index (χ3v) is 3.89. The van der Waals surface area contributed by atoms with Gasteiger partial charge >= 0.3 is 17.2 Å². The van der Waals surface area contributed by atoms with Crippen molar-refractivity contribution >= 4 is 5.91 Å². The fourth-order valence-electron chi connectivity index (χ4n) is 2.86. The van der Waals surface area contributed by atoms with E-state index in [1.54, 1.807) is 36.3 Å². The van der Waals surface area contributed by atoms with Crippen LogP contribution in [-0.2, 0) is 4.74 Å². The zero-order valence-electron chi connectivity index (χ0n) is 13.8. The standard InChI is InChI=1S/C16H19N3O5/c1-10-8-18(9-11(2)23-10)15(20)14-16(21)24-17-19(14)12-4-6-13(22-3)7-5-12/h4-7,10-11H,8-9H2,1-3H3/p+1. The lowest BCUT2D eigenvalue weighted by Gasteiger charge is -2.34. The Balaban J connectivity index is 1.94. The van der Waals surface area contributed by atoms with Crippen LogP contribution in [0.1, 0.15) is 24.3 Å². The number of ether oxygens (including phenoxy) is 2. The Morgan fingerprint density at radius 1 is 1.25 bits per heavy atom. The van der Waals surface area contributed by atoms with E-state index < -0.39 is 5.63 Å². The molecule has 0 radical (unpaired) electrons. The van der Waals surface area contributed by atoms with Crippen molar-refractivity contribution < 1.29 is 23.5 Å². The van der Waals surface area contributed by atoms with E-state index in [0.29, 0.717) is 24.5 Å². The van der Waals surface area contributed by atoms with E-state index in [1.165, 1.54) is 4.68 Å². The van der Waals surface area contributed by atoms with Crippen LogP contribution in [0.2, 0.25) is 0 Å². The largest absolute Gasteiger partial charge is 0.497 e. The fourth-order valence-corrected chi connectivity index (χ4v) is 2.86. The Morgan fingerprint density at radius 3 is 2.46 bits per heavy atom. The second-order valence-electron chi connectivity index (χ2n) is 5.83. The average molecular weight is 334 g/mol. The van der Waals surface area contributed by atoms with Gasteiger partial charge < -0.3 is 14.4 Å². The Morgan fingerprint density at radius 2 is 1.88 bits per heavy atom. The van der Waals surface area contributed by atoms with Crippen LogP contribution in [0.4, 0.5) is 0 Å². The van der Waals surface area contributed by atoms with Crippen molar-refractivity contribution in [2.24, 2.45) is 0 Å². The van der Waals surface area contributed by atoms with Gasteiger partial charge in [0.25, 0.3) is 0 Å². The number of carbonyl (C=O) groups excluding carboxylic acids is 1. The molecule has 1 aliphatic rings. The van der Waals surface area contributed by atoms with Crippen LogP contribution in [0.5, 0.6) is 5.75 Å². The highest BCUT2D eigenvalue weighted by Crippen LogP contribution is 2.14. The molecule has 2 heterocycles. The van der Waals surface area contributed by atoms with Gasteiger partial charge in [0.1, 0.15) is 5.75 Å². The van der Waals surface area contributed by atoms with Crippen molar-refractivity contribution in [3.8, 4) is 11.4 Å². The number of rotatable bonds is 3. The van der Waals surface area contributed by atoms with E-state index in [4.69, 9.17) is 14.0 Å². The summed E-state index contributed by atoms with van der Waals surface area (Å²) < 4.78 is 16.9. The van der Waals surface area contributed by atoms with Gasteiger partial charge in [-0.1, -0.05) is 0 Å². The number of hydrogen-bond acceptors (Lipinski definition) is 5. The highest BCUT2D eigenvalue weighted by molar-refractivity contribution is 5.90. The number of amides is 1. The zero-order valence-corrected chi connectivity index (χ0v) is 13.8. The van der Waals surface area contributed by atoms with Crippen LogP contribution in [0, 0.1) is 0 Å². The van der Waals surface area contributed by atoms with Gasteiger partial charge in [0, 0.05) is 25.2 Å². The van der Waals surface area contributed by atoms with Crippen molar-refractivity contribution in [3.63, 3.8) is 0 Å². The predicted molar refractivity (Wildman–Crippen MR) is 83.3 cm³/mol. The summed E-state index contributed by atoms with van der Waals surface area (Å²) in [7, 11) is 1.57. The molecular formula is C16H20N3O5+. The number of morpholine rings is 1. The van der Waals surface area contributed by atoms with Gasteiger partial charge in [0.05, 0.1) is 19.3 Å². The molecule has 1 fully saturated rings. The number of carbonyl (C=O) groups is 1. The second kappa shape index (κ2) is 6.48. The number of nitrogens with one attached hydrogen (secondary N) is 1. The minimum absolute atomic E-state index is 0.0681. The van der Waals surface area contributed by atoms with Gasteiger partial charge in [-0.05, 0) is 35.9 Å². The van der Waals surface area contributed by atoms with E-state index in [1.807, 2.05) is 13.8 Å². The highest BCUT2D eigenvalue weighted by Gasteiger charge is 2.37. The molecular weight excluding hydrogens is 314 g/mol. The van der Waals surface area contributed by atoms with Crippen molar-refractivity contribution in [2.75, 3.05) is 20.2 Å². The molecule has 1 aliphatic heterocycles. The molecule has 8 nitrogen and oxygen atoms in total. The molecule has 1 saturated heterocycles. The second-order valence-corrected chi connectivity index (χ2v) is 5.83. The fraction of sp³-hybridized carbons (Fsp3) is 0.438. The maximum absolute atomic E-state index is 12.8. The number of methoxy groups -OCH3 is 1.